The largest absolute Gasteiger partial charge is 0.288 e. The average molecular weight is 215 g/mol. The second-order valence-electron chi connectivity index (χ2n) is 2.23. The fourth-order valence-corrected chi connectivity index (χ4v) is 1.03. The smallest absolute Gasteiger partial charge is 0.203 e. The summed E-state index contributed by atoms with van der Waals surface area (Å²) in [6.07, 6.45) is 4.25. The van der Waals surface area contributed by atoms with Gasteiger partial charge in [-0.2, -0.15) is 0 Å². The van der Waals surface area contributed by atoms with E-state index in [1.54, 1.807) is 13.0 Å². The predicted octanol–water partition coefficient (Wildman–Crippen LogP) is 2.15. The van der Waals surface area contributed by atoms with Crippen LogP contribution in [0.4, 0.5) is 0 Å². The van der Waals surface area contributed by atoms with Gasteiger partial charge in [-0.15, -0.1) is 12.6 Å². The fraction of sp³-hybridized carbons (Fsp3) is 0.125. The third-order valence-corrected chi connectivity index (χ3v) is 2.18. The van der Waals surface area contributed by atoms with Crippen LogP contribution in [-0.2, 0) is 0 Å². The van der Waals surface area contributed by atoms with Crippen LogP contribution in [0.2, 0.25) is 5.15 Å². The highest BCUT2D eigenvalue weighted by molar-refractivity contribution is 7.85. The number of Topliss-reactive ketones (excluding diaryl/α,β-unsaturated/α-hetero) is 1. The maximum absolute atomic E-state index is 11.5. The molecule has 0 fully saturated rings. The van der Waals surface area contributed by atoms with Crippen molar-refractivity contribution in [2.45, 2.75) is 6.92 Å². The maximum atomic E-state index is 11.5. The summed E-state index contributed by atoms with van der Waals surface area (Å²) in [7, 11) is 0. The molecule has 1 aromatic rings. The van der Waals surface area contributed by atoms with Crippen molar-refractivity contribution >= 4 is 30.0 Å². The van der Waals surface area contributed by atoms with E-state index in [1.165, 1.54) is 12.5 Å². The molecule has 0 N–H and O–H groups in total. The number of halogens is 1. The third-order valence-electron chi connectivity index (χ3n) is 1.41. The molecule has 0 aliphatic heterocycles. The number of hydrogen-bond donors (Lipinski definition) is 1. The van der Waals surface area contributed by atoms with Crippen LogP contribution in [0.15, 0.2) is 23.5 Å². The molecule has 68 valence electrons. The monoisotopic (exact) mass is 214 g/mol. The molecular formula is C8H7ClN2OS. The highest BCUT2D eigenvalue weighted by atomic mass is 35.5. The van der Waals surface area contributed by atoms with Gasteiger partial charge in [0.05, 0.1) is 5.56 Å². The van der Waals surface area contributed by atoms with Crippen molar-refractivity contribution in [2.24, 2.45) is 0 Å². The second kappa shape index (κ2) is 4.39. The van der Waals surface area contributed by atoms with Gasteiger partial charge in [0.25, 0.3) is 0 Å². The Morgan fingerprint density at radius 1 is 1.69 bits per heavy atom. The lowest BCUT2D eigenvalue weighted by Crippen LogP contribution is -2.01. The van der Waals surface area contributed by atoms with Crippen molar-refractivity contribution < 1.29 is 4.79 Å². The molecular weight excluding hydrogens is 208 g/mol. The quantitative estimate of drug-likeness (QED) is 0.355. The van der Waals surface area contributed by atoms with Crippen molar-refractivity contribution in [3.05, 3.63) is 34.2 Å². The number of hydrogen-bond acceptors (Lipinski definition) is 4. The molecule has 1 heterocycles. The number of allylic oxidation sites excluding steroid dienone is 2. The first-order valence-corrected chi connectivity index (χ1v) is 4.34. The Balaban J connectivity index is 3.10. The molecule has 0 aromatic carbocycles. The van der Waals surface area contributed by atoms with E-state index in [9.17, 15) is 4.79 Å². The van der Waals surface area contributed by atoms with Crippen LogP contribution < -0.4 is 0 Å². The third kappa shape index (κ3) is 2.29. The molecule has 0 aliphatic rings. The Morgan fingerprint density at radius 3 is 2.92 bits per heavy atom. The van der Waals surface area contributed by atoms with E-state index >= 15 is 0 Å². The van der Waals surface area contributed by atoms with Gasteiger partial charge in [-0.3, -0.25) is 4.79 Å². The molecule has 0 saturated carbocycles. The van der Waals surface area contributed by atoms with Gasteiger partial charge in [0.15, 0.2) is 0 Å². The lowest BCUT2D eigenvalue weighted by atomic mass is 10.2. The summed E-state index contributed by atoms with van der Waals surface area (Å²) < 4.78 is 0. The second-order valence-corrected chi connectivity index (χ2v) is 3.07. The van der Waals surface area contributed by atoms with E-state index in [0.717, 1.165) is 0 Å². The number of thiol groups is 1. The van der Waals surface area contributed by atoms with Crippen molar-refractivity contribution in [1.29, 1.82) is 0 Å². The zero-order valence-corrected chi connectivity index (χ0v) is 8.51. The number of nitrogens with zero attached hydrogens (tertiary/aromatic N) is 2. The topological polar surface area (TPSA) is 42.9 Å². The Kier molecular flexibility index (Phi) is 3.45. The lowest BCUT2D eigenvalue weighted by Gasteiger charge is -1.99. The van der Waals surface area contributed by atoms with Gasteiger partial charge < -0.3 is 0 Å². The maximum Gasteiger partial charge on any atom is 0.203 e. The van der Waals surface area contributed by atoms with E-state index in [2.05, 4.69) is 22.6 Å². The zero-order valence-electron chi connectivity index (χ0n) is 6.86. The van der Waals surface area contributed by atoms with E-state index in [4.69, 9.17) is 11.6 Å². The molecule has 5 heteroatoms. The normalized spacial score (nSPS) is 11.5. The van der Waals surface area contributed by atoms with Crippen LogP contribution >= 0.6 is 24.2 Å². The minimum Gasteiger partial charge on any atom is -0.288 e. The number of carbonyl (C=O) groups excluding carboxylic acids is 1. The molecule has 3 nitrogen and oxygen atoms in total. The number of aromatic nitrogens is 2. The fourth-order valence-electron chi connectivity index (χ4n) is 0.736. The first-order chi connectivity index (χ1) is 6.16. The minimum atomic E-state index is -0.267. The van der Waals surface area contributed by atoms with Gasteiger partial charge >= 0.3 is 0 Å². The molecule has 0 unspecified atom stereocenters. The summed E-state index contributed by atoms with van der Waals surface area (Å²) in [5.74, 6) is -0.267. The van der Waals surface area contributed by atoms with Crippen LogP contribution in [0.5, 0.6) is 0 Å². The Morgan fingerprint density at radius 2 is 2.38 bits per heavy atom. The van der Waals surface area contributed by atoms with Crippen LogP contribution in [0.3, 0.4) is 0 Å². The molecule has 0 atom stereocenters. The molecule has 0 aliphatic carbocycles. The molecule has 0 amide bonds. The van der Waals surface area contributed by atoms with Crippen LogP contribution in [-0.4, -0.2) is 15.8 Å². The Labute approximate surface area is 86.3 Å². The summed E-state index contributed by atoms with van der Waals surface area (Å²) >= 11 is 9.67. The Bertz CT molecular complexity index is 365. The van der Waals surface area contributed by atoms with Crippen molar-refractivity contribution in [3.63, 3.8) is 0 Å². The lowest BCUT2D eigenvalue weighted by molar-refractivity contribution is 0.104. The molecule has 0 saturated heterocycles. The van der Waals surface area contributed by atoms with Crippen LogP contribution in [0.25, 0.3) is 0 Å². The van der Waals surface area contributed by atoms with E-state index in [0.29, 0.717) is 4.91 Å². The van der Waals surface area contributed by atoms with Gasteiger partial charge in [-0.05, 0) is 6.92 Å². The number of carbonyl (C=O) groups is 1. The summed E-state index contributed by atoms with van der Waals surface area (Å²) in [5.41, 5.74) is 0.271. The van der Waals surface area contributed by atoms with Crippen molar-refractivity contribution in [3.8, 4) is 0 Å². The molecule has 1 rings (SSSR count). The van der Waals surface area contributed by atoms with Gasteiger partial charge in [-0.1, -0.05) is 17.7 Å². The van der Waals surface area contributed by atoms with E-state index in [1.807, 2.05) is 0 Å². The summed E-state index contributed by atoms with van der Waals surface area (Å²) in [5, 5.41) is 0.147. The van der Waals surface area contributed by atoms with Gasteiger partial charge in [0.1, 0.15) is 11.5 Å². The van der Waals surface area contributed by atoms with E-state index < -0.39 is 0 Å². The highest BCUT2D eigenvalue weighted by Gasteiger charge is 2.12. The van der Waals surface area contributed by atoms with E-state index in [-0.39, 0.29) is 16.5 Å². The van der Waals surface area contributed by atoms with Crippen molar-refractivity contribution in [2.75, 3.05) is 0 Å². The molecule has 1 aromatic heterocycles. The van der Waals surface area contributed by atoms with Crippen LogP contribution in [0, 0.1) is 0 Å². The summed E-state index contributed by atoms with van der Waals surface area (Å²) in [6.45, 7) is 1.72. The SMILES string of the molecule is C/C=C(\S)C(=O)c1cncnc1Cl. The van der Waals surface area contributed by atoms with Gasteiger partial charge in [-0.25, -0.2) is 9.97 Å². The zero-order chi connectivity index (χ0) is 9.84. The van der Waals surface area contributed by atoms with Crippen LogP contribution in [0.1, 0.15) is 17.3 Å². The molecule has 0 spiro atoms. The van der Waals surface area contributed by atoms with Gasteiger partial charge in [0.2, 0.25) is 5.78 Å². The molecule has 13 heavy (non-hydrogen) atoms. The Hall–Kier alpha value is -0.870. The first kappa shape index (κ1) is 10.2. The predicted molar refractivity (Wildman–Crippen MR) is 54.1 cm³/mol. The summed E-state index contributed by atoms with van der Waals surface area (Å²) in [6, 6.07) is 0. The first-order valence-electron chi connectivity index (χ1n) is 3.52. The minimum absolute atomic E-state index is 0.147. The molecule has 0 bridgehead atoms. The highest BCUT2D eigenvalue weighted by Crippen LogP contribution is 2.16. The van der Waals surface area contributed by atoms with Crippen molar-refractivity contribution in [1.82, 2.24) is 9.97 Å². The standard InChI is InChI=1S/C8H7ClN2OS/c1-2-6(13)7(12)5-3-10-4-11-8(5)9/h2-4,13H,1H3/b6-2-. The summed E-state index contributed by atoms with van der Waals surface area (Å²) in [4.78, 5) is 19.2. The average Bonchev–Trinajstić information content (AvgIpc) is 2.16. The number of ketones is 1. The number of rotatable bonds is 2. The molecule has 0 radical (unpaired) electrons. The van der Waals surface area contributed by atoms with Gasteiger partial charge in [0, 0.05) is 11.1 Å².